The zero-order valence-corrected chi connectivity index (χ0v) is 16.7. The molecule has 0 spiro atoms. The van der Waals surface area contributed by atoms with Gasteiger partial charge in [0.05, 0.1) is 6.42 Å². The molecule has 2 aromatic heterocycles. The lowest BCUT2D eigenvalue weighted by molar-refractivity contribution is -0.137. The van der Waals surface area contributed by atoms with Crippen LogP contribution in [0.1, 0.15) is 33.7 Å². The molecule has 146 valence electrons. The second-order valence-electron chi connectivity index (χ2n) is 6.46. The Kier molecular flexibility index (Phi) is 5.93. The smallest absolute Gasteiger partial charge is 0.305 e. The Balaban J connectivity index is 1.76. The molecule has 0 saturated carbocycles. The second-order valence-corrected chi connectivity index (χ2v) is 7.40. The Hall–Kier alpha value is -2.94. The van der Waals surface area contributed by atoms with Crippen LogP contribution in [0.15, 0.2) is 35.5 Å². The quantitative estimate of drug-likeness (QED) is 0.609. The van der Waals surface area contributed by atoms with Crippen molar-refractivity contribution in [3.05, 3.63) is 52.8 Å². The van der Waals surface area contributed by atoms with Crippen molar-refractivity contribution in [1.82, 2.24) is 24.5 Å². The molecule has 9 heteroatoms. The van der Waals surface area contributed by atoms with Crippen LogP contribution in [-0.4, -0.2) is 55.1 Å². The van der Waals surface area contributed by atoms with E-state index in [0.29, 0.717) is 22.3 Å². The SMILES string of the molecule is Cc1cc(C)n2nc(SCc3ccccc3C(=O)N(C)CCC(=O)O)nc2n1. The Morgan fingerprint density at radius 1 is 1.21 bits per heavy atom. The first-order valence-electron chi connectivity index (χ1n) is 8.74. The molecule has 0 fully saturated rings. The highest BCUT2D eigenvalue weighted by Gasteiger charge is 2.17. The van der Waals surface area contributed by atoms with Crippen molar-refractivity contribution in [2.45, 2.75) is 31.2 Å². The summed E-state index contributed by atoms with van der Waals surface area (Å²) in [5.41, 5.74) is 3.24. The average Bonchev–Trinajstić information content (AvgIpc) is 3.07. The molecule has 28 heavy (non-hydrogen) atoms. The van der Waals surface area contributed by atoms with Crippen molar-refractivity contribution >= 4 is 29.4 Å². The minimum absolute atomic E-state index is 0.0872. The monoisotopic (exact) mass is 399 g/mol. The number of nitrogens with zero attached hydrogens (tertiary/aromatic N) is 5. The number of thioether (sulfide) groups is 1. The first kappa shape index (κ1) is 19.8. The standard InChI is InChI=1S/C19H21N5O3S/c1-12-10-13(2)24-18(20-12)21-19(22-24)28-11-14-6-4-5-7-15(14)17(27)23(3)9-8-16(25)26/h4-7,10H,8-9,11H2,1-3H3,(H,25,26). The lowest BCUT2D eigenvalue weighted by atomic mass is 10.1. The average molecular weight is 399 g/mol. The van der Waals surface area contributed by atoms with E-state index in [-0.39, 0.29) is 18.9 Å². The molecule has 0 bridgehead atoms. The number of carbonyl (C=O) groups excluding carboxylic acids is 1. The number of hydrogen-bond acceptors (Lipinski definition) is 6. The Labute approximate surface area is 166 Å². The van der Waals surface area contributed by atoms with Crippen molar-refractivity contribution in [3.63, 3.8) is 0 Å². The fourth-order valence-electron chi connectivity index (χ4n) is 2.78. The van der Waals surface area contributed by atoms with Crippen molar-refractivity contribution in [1.29, 1.82) is 0 Å². The second kappa shape index (κ2) is 8.39. The lowest BCUT2D eigenvalue weighted by Crippen LogP contribution is -2.29. The van der Waals surface area contributed by atoms with E-state index in [4.69, 9.17) is 5.11 Å². The summed E-state index contributed by atoms with van der Waals surface area (Å²) in [6.07, 6.45) is -0.0872. The Morgan fingerprint density at radius 2 is 1.96 bits per heavy atom. The largest absolute Gasteiger partial charge is 0.481 e. The number of benzene rings is 1. The summed E-state index contributed by atoms with van der Waals surface area (Å²) < 4.78 is 1.70. The lowest BCUT2D eigenvalue weighted by Gasteiger charge is -2.18. The number of carboxylic acids is 1. The molecule has 0 atom stereocenters. The number of aromatic nitrogens is 4. The molecule has 3 rings (SSSR count). The maximum absolute atomic E-state index is 12.7. The highest BCUT2D eigenvalue weighted by molar-refractivity contribution is 7.98. The number of carbonyl (C=O) groups is 2. The minimum atomic E-state index is -0.930. The van der Waals surface area contributed by atoms with E-state index >= 15 is 0 Å². The topological polar surface area (TPSA) is 101 Å². The number of aryl methyl sites for hydroxylation is 2. The minimum Gasteiger partial charge on any atom is -0.481 e. The predicted octanol–water partition coefficient (Wildman–Crippen LogP) is 2.58. The third-order valence-corrected chi connectivity index (χ3v) is 5.10. The maximum Gasteiger partial charge on any atom is 0.305 e. The predicted molar refractivity (Wildman–Crippen MR) is 105 cm³/mol. The van der Waals surface area contributed by atoms with Gasteiger partial charge in [-0.15, -0.1) is 5.10 Å². The summed E-state index contributed by atoms with van der Waals surface area (Å²) in [5.74, 6) is -0.0595. The van der Waals surface area contributed by atoms with Crippen LogP contribution in [0.3, 0.4) is 0 Å². The van der Waals surface area contributed by atoms with Crippen LogP contribution < -0.4 is 0 Å². The summed E-state index contributed by atoms with van der Waals surface area (Å²) in [5, 5.41) is 13.9. The van der Waals surface area contributed by atoms with Crippen LogP contribution in [0, 0.1) is 13.8 Å². The first-order chi connectivity index (χ1) is 13.3. The summed E-state index contributed by atoms with van der Waals surface area (Å²) >= 11 is 1.43. The van der Waals surface area contributed by atoms with Crippen molar-refractivity contribution < 1.29 is 14.7 Å². The normalized spacial score (nSPS) is 11.0. The van der Waals surface area contributed by atoms with Crippen LogP contribution in [0.25, 0.3) is 5.78 Å². The maximum atomic E-state index is 12.7. The van der Waals surface area contributed by atoms with Gasteiger partial charge >= 0.3 is 5.97 Å². The van der Waals surface area contributed by atoms with Crippen LogP contribution in [0.2, 0.25) is 0 Å². The first-order valence-corrected chi connectivity index (χ1v) is 9.72. The van der Waals surface area contributed by atoms with Crippen LogP contribution in [0.5, 0.6) is 0 Å². The molecule has 0 unspecified atom stereocenters. The van der Waals surface area contributed by atoms with E-state index in [1.54, 1.807) is 23.7 Å². The number of aliphatic carboxylic acids is 1. The van der Waals surface area contributed by atoms with Gasteiger partial charge in [-0.1, -0.05) is 30.0 Å². The van der Waals surface area contributed by atoms with E-state index < -0.39 is 5.97 Å². The van der Waals surface area contributed by atoms with Crippen LogP contribution in [-0.2, 0) is 10.5 Å². The van der Waals surface area contributed by atoms with E-state index in [1.807, 2.05) is 32.0 Å². The van der Waals surface area contributed by atoms with Crippen LogP contribution >= 0.6 is 11.8 Å². The van der Waals surface area contributed by atoms with Gasteiger partial charge in [-0.3, -0.25) is 9.59 Å². The molecule has 1 aromatic carbocycles. The molecular formula is C19H21N5O3S. The summed E-state index contributed by atoms with van der Waals surface area (Å²) in [4.78, 5) is 33.7. The zero-order chi connectivity index (χ0) is 20.3. The molecule has 0 aliphatic heterocycles. The zero-order valence-electron chi connectivity index (χ0n) is 15.9. The Morgan fingerprint density at radius 3 is 2.71 bits per heavy atom. The summed E-state index contributed by atoms with van der Waals surface area (Å²) in [7, 11) is 1.61. The Bertz CT molecular complexity index is 1030. The number of hydrogen-bond donors (Lipinski definition) is 1. The molecule has 0 aliphatic rings. The highest BCUT2D eigenvalue weighted by Crippen LogP contribution is 2.23. The number of fused-ring (bicyclic) bond motifs is 1. The van der Waals surface area contributed by atoms with Gasteiger partial charge in [0.2, 0.25) is 5.16 Å². The highest BCUT2D eigenvalue weighted by atomic mass is 32.2. The molecule has 3 aromatic rings. The van der Waals surface area contributed by atoms with Crippen molar-refractivity contribution in [2.75, 3.05) is 13.6 Å². The van der Waals surface area contributed by atoms with Gasteiger partial charge in [0, 0.05) is 36.3 Å². The fourth-order valence-corrected chi connectivity index (χ4v) is 3.60. The van der Waals surface area contributed by atoms with Gasteiger partial charge in [0.15, 0.2) is 0 Å². The van der Waals surface area contributed by atoms with Gasteiger partial charge in [-0.05, 0) is 31.5 Å². The molecular weight excluding hydrogens is 378 g/mol. The van der Waals surface area contributed by atoms with E-state index in [0.717, 1.165) is 17.0 Å². The molecule has 0 aliphatic carbocycles. The van der Waals surface area contributed by atoms with Crippen LogP contribution in [0.4, 0.5) is 0 Å². The number of carboxylic acid groups (broad SMARTS) is 1. The van der Waals surface area contributed by atoms with Crippen molar-refractivity contribution in [2.24, 2.45) is 0 Å². The third kappa shape index (κ3) is 4.48. The molecule has 0 radical (unpaired) electrons. The van der Waals surface area contributed by atoms with E-state index in [9.17, 15) is 9.59 Å². The number of amides is 1. The molecule has 0 saturated heterocycles. The molecule has 1 amide bonds. The van der Waals surface area contributed by atoms with E-state index in [2.05, 4.69) is 15.1 Å². The van der Waals surface area contributed by atoms with E-state index in [1.165, 1.54) is 16.7 Å². The third-order valence-electron chi connectivity index (χ3n) is 4.21. The van der Waals surface area contributed by atoms with Gasteiger partial charge in [-0.2, -0.15) is 4.98 Å². The fraction of sp³-hybridized carbons (Fsp3) is 0.316. The van der Waals surface area contributed by atoms with Crippen molar-refractivity contribution in [3.8, 4) is 0 Å². The van der Waals surface area contributed by atoms with Gasteiger partial charge in [0.25, 0.3) is 11.7 Å². The van der Waals surface area contributed by atoms with Gasteiger partial charge in [-0.25, -0.2) is 9.50 Å². The van der Waals surface area contributed by atoms with Gasteiger partial charge in [0.1, 0.15) is 0 Å². The number of rotatable bonds is 7. The summed E-state index contributed by atoms with van der Waals surface area (Å²) in [6, 6.07) is 9.25. The van der Waals surface area contributed by atoms with Gasteiger partial charge < -0.3 is 10.0 Å². The summed E-state index contributed by atoms with van der Waals surface area (Å²) in [6.45, 7) is 4.02. The molecule has 8 nitrogen and oxygen atoms in total. The molecule has 2 heterocycles. The molecule has 1 N–H and O–H groups in total.